The van der Waals surface area contributed by atoms with Crippen LogP contribution in [0.2, 0.25) is 0 Å². The Bertz CT molecular complexity index is 419. The second kappa shape index (κ2) is 4.85. The minimum Gasteiger partial charge on any atom is -0.388 e. The Morgan fingerprint density at radius 2 is 1.82 bits per heavy atom. The summed E-state index contributed by atoms with van der Waals surface area (Å²) in [5.41, 5.74) is -1.11. The van der Waals surface area contributed by atoms with Gasteiger partial charge in [-0.1, -0.05) is 19.1 Å². The number of halogens is 1. The molecule has 0 aliphatic rings. The fourth-order valence-electron chi connectivity index (χ4n) is 1.78. The molecule has 0 bridgehead atoms. The molecule has 92 valence electrons. The number of hydrogen-bond acceptors (Lipinski definition) is 2. The second-order valence-corrected chi connectivity index (χ2v) is 4.87. The highest BCUT2D eigenvalue weighted by Gasteiger charge is 2.42. The van der Waals surface area contributed by atoms with Crippen molar-refractivity contribution >= 4 is 0 Å². The monoisotopic (exact) mass is 235 g/mol. The Hall–Kier alpha value is -1.40. The first-order chi connectivity index (χ1) is 7.84. The van der Waals surface area contributed by atoms with Gasteiger partial charge in [0.25, 0.3) is 0 Å². The van der Waals surface area contributed by atoms with Gasteiger partial charge in [0.05, 0.1) is 17.1 Å². The Morgan fingerprint density at radius 3 is 2.24 bits per heavy atom. The first-order valence-electron chi connectivity index (χ1n) is 5.73. The minimum absolute atomic E-state index is 0.299. The highest BCUT2D eigenvalue weighted by atomic mass is 19.1. The highest BCUT2D eigenvalue weighted by Crippen LogP contribution is 2.36. The standard InChI is InChI=1S/C14H18FNO/c1-4-13(2,10-16)14(3,17)9-11-5-7-12(15)8-6-11/h5-8,17H,4,9H2,1-3H3. The van der Waals surface area contributed by atoms with E-state index in [1.54, 1.807) is 26.0 Å². The van der Waals surface area contributed by atoms with Gasteiger partial charge in [-0.15, -0.1) is 0 Å². The normalized spacial score (nSPS) is 17.9. The maximum absolute atomic E-state index is 12.8. The molecule has 0 amide bonds. The molecule has 1 aromatic rings. The fraction of sp³-hybridized carbons (Fsp3) is 0.500. The number of aliphatic hydroxyl groups is 1. The van der Waals surface area contributed by atoms with E-state index in [1.807, 2.05) is 6.92 Å². The molecule has 0 heterocycles. The first kappa shape index (κ1) is 13.7. The van der Waals surface area contributed by atoms with Crippen LogP contribution >= 0.6 is 0 Å². The fourth-order valence-corrected chi connectivity index (χ4v) is 1.78. The van der Waals surface area contributed by atoms with E-state index in [0.29, 0.717) is 12.8 Å². The Morgan fingerprint density at radius 1 is 1.29 bits per heavy atom. The molecule has 2 atom stereocenters. The summed E-state index contributed by atoms with van der Waals surface area (Å²) in [5, 5.41) is 19.6. The Kier molecular flexibility index (Phi) is 3.90. The largest absolute Gasteiger partial charge is 0.388 e. The molecule has 0 saturated carbocycles. The number of nitriles is 1. The van der Waals surface area contributed by atoms with E-state index in [9.17, 15) is 14.8 Å². The van der Waals surface area contributed by atoms with Crippen molar-refractivity contribution < 1.29 is 9.50 Å². The molecule has 0 spiro atoms. The third-order valence-corrected chi connectivity index (χ3v) is 3.60. The summed E-state index contributed by atoms with van der Waals surface area (Å²) in [6, 6.07) is 8.17. The van der Waals surface area contributed by atoms with E-state index in [2.05, 4.69) is 6.07 Å². The van der Waals surface area contributed by atoms with Crippen LogP contribution < -0.4 is 0 Å². The molecule has 0 radical (unpaired) electrons. The third-order valence-electron chi connectivity index (χ3n) is 3.60. The van der Waals surface area contributed by atoms with Gasteiger partial charge in [-0.3, -0.25) is 0 Å². The van der Waals surface area contributed by atoms with Crippen LogP contribution in [0.3, 0.4) is 0 Å². The van der Waals surface area contributed by atoms with Crippen LogP contribution in [0.5, 0.6) is 0 Å². The lowest BCUT2D eigenvalue weighted by Crippen LogP contribution is -2.44. The topological polar surface area (TPSA) is 44.0 Å². The van der Waals surface area contributed by atoms with Crippen molar-refractivity contribution in [2.45, 2.75) is 39.2 Å². The molecule has 1 aromatic carbocycles. The van der Waals surface area contributed by atoms with Gasteiger partial charge < -0.3 is 5.11 Å². The van der Waals surface area contributed by atoms with Crippen molar-refractivity contribution in [1.29, 1.82) is 5.26 Å². The van der Waals surface area contributed by atoms with E-state index in [4.69, 9.17) is 0 Å². The zero-order chi connectivity index (χ0) is 13.1. The number of benzene rings is 1. The van der Waals surface area contributed by atoms with Crippen LogP contribution in [0.4, 0.5) is 4.39 Å². The van der Waals surface area contributed by atoms with Crippen molar-refractivity contribution in [3.05, 3.63) is 35.6 Å². The van der Waals surface area contributed by atoms with Gasteiger partial charge in [-0.05, 0) is 38.0 Å². The molecular weight excluding hydrogens is 217 g/mol. The summed E-state index contributed by atoms with van der Waals surface area (Å²) in [5.74, 6) is -0.299. The molecular formula is C14H18FNO. The van der Waals surface area contributed by atoms with E-state index in [-0.39, 0.29) is 5.82 Å². The molecule has 0 saturated heterocycles. The van der Waals surface area contributed by atoms with Crippen molar-refractivity contribution in [2.24, 2.45) is 5.41 Å². The number of nitrogens with zero attached hydrogens (tertiary/aromatic N) is 1. The highest BCUT2D eigenvalue weighted by molar-refractivity contribution is 5.21. The smallest absolute Gasteiger partial charge is 0.123 e. The van der Waals surface area contributed by atoms with Gasteiger partial charge in [0.1, 0.15) is 5.82 Å². The second-order valence-electron chi connectivity index (χ2n) is 4.87. The molecule has 2 nitrogen and oxygen atoms in total. The SMILES string of the molecule is CCC(C)(C#N)C(C)(O)Cc1ccc(F)cc1. The van der Waals surface area contributed by atoms with Gasteiger partial charge in [-0.25, -0.2) is 4.39 Å². The average molecular weight is 235 g/mol. The lowest BCUT2D eigenvalue weighted by molar-refractivity contribution is -0.0317. The maximum atomic E-state index is 12.8. The van der Waals surface area contributed by atoms with Crippen LogP contribution in [-0.4, -0.2) is 10.7 Å². The molecule has 3 heteroatoms. The predicted molar refractivity (Wildman–Crippen MR) is 64.7 cm³/mol. The molecule has 0 fully saturated rings. The molecule has 1 N–H and O–H groups in total. The van der Waals surface area contributed by atoms with Gasteiger partial charge >= 0.3 is 0 Å². The molecule has 0 aliphatic heterocycles. The quantitative estimate of drug-likeness (QED) is 0.871. The number of rotatable bonds is 4. The van der Waals surface area contributed by atoms with Crippen molar-refractivity contribution in [3.63, 3.8) is 0 Å². The van der Waals surface area contributed by atoms with Crippen LogP contribution in [0, 0.1) is 22.6 Å². The zero-order valence-electron chi connectivity index (χ0n) is 10.5. The predicted octanol–water partition coefficient (Wildman–Crippen LogP) is 3.06. The van der Waals surface area contributed by atoms with Crippen molar-refractivity contribution in [2.75, 3.05) is 0 Å². The van der Waals surface area contributed by atoms with Gasteiger partial charge in [0.15, 0.2) is 0 Å². The lowest BCUT2D eigenvalue weighted by Gasteiger charge is -2.37. The van der Waals surface area contributed by atoms with E-state index < -0.39 is 11.0 Å². The first-order valence-corrected chi connectivity index (χ1v) is 5.73. The zero-order valence-corrected chi connectivity index (χ0v) is 10.5. The van der Waals surface area contributed by atoms with Crippen LogP contribution in [-0.2, 0) is 6.42 Å². The molecule has 0 aliphatic carbocycles. The summed E-state index contributed by atoms with van der Waals surface area (Å²) < 4.78 is 12.8. The molecule has 0 aromatic heterocycles. The summed E-state index contributed by atoms with van der Waals surface area (Å²) >= 11 is 0. The Balaban J connectivity index is 2.93. The van der Waals surface area contributed by atoms with Gasteiger partial charge in [0, 0.05) is 6.42 Å². The summed E-state index contributed by atoms with van der Waals surface area (Å²) in [4.78, 5) is 0. The molecule has 1 rings (SSSR count). The van der Waals surface area contributed by atoms with Crippen LogP contribution in [0.15, 0.2) is 24.3 Å². The van der Waals surface area contributed by atoms with E-state index >= 15 is 0 Å². The summed E-state index contributed by atoms with van der Waals surface area (Å²) in [7, 11) is 0. The summed E-state index contributed by atoms with van der Waals surface area (Å²) in [6.45, 7) is 5.28. The number of hydrogen-bond donors (Lipinski definition) is 1. The maximum Gasteiger partial charge on any atom is 0.123 e. The Labute approximate surface area is 102 Å². The lowest BCUT2D eigenvalue weighted by atomic mass is 9.71. The minimum atomic E-state index is -1.13. The van der Waals surface area contributed by atoms with Gasteiger partial charge in [0.2, 0.25) is 0 Å². The molecule has 17 heavy (non-hydrogen) atoms. The van der Waals surface area contributed by atoms with Crippen molar-refractivity contribution in [1.82, 2.24) is 0 Å². The summed E-state index contributed by atoms with van der Waals surface area (Å²) in [6.07, 6.45) is 0.906. The average Bonchev–Trinajstić information content (AvgIpc) is 2.30. The van der Waals surface area contributed by atoms with E-state index in [1.165, 1.54) is 12.1 Å². The van der Waals surface area contributed by atoms with E-state index in [0.717, 1.165) is 5.56 Å². The van der Waals surface area contributed by atoms with Crippen molar-refractivity contribution in [3.8, 4) is 6.07 Å². The third kappa shape index (κ3) is 2.83. The van der Waals surface area contributed by atoms with Crippen LogP contribution in [0.25, 0.3) is 0 Å². The van der Waals surface area contributed by atoms with Gasteiger partial charge in [-0.2, -0.15) is 5.26 Å². The van der Waals surface area contributed by atoms with Crippen LogP contribution in [0.1, 0.15) is 32.8 Å². The molecule has 2 unspecified atom stereocenters.